The van der Waals surface area contributed by atoms with Crippen molar-refractivity contribution < 1.29 is 0 Å². The van der Waals surface area contributed by atoms with E-state index in [-0.39, 0.29) is 0 Å². The summed E-state index contributed by atoms with van der Waals surface area (Å²) in [6, 6.07) is 0. The van der Waals surface area contributed by atoms with Crippen LogP contribution in [0.5, 0.6) is 0 Å². The Labute approximate surface area is 92.9 Å². The number of aromatic nitrogens is 1. The zero-order valence-electron chi connectivity index (χ0n) is 10.2. The predicted molar refractivity (Wildman–Crippen MR) is 68.9 cm³/mol. The summed E-state index contributed by atoms with van der Waals surface area (Å²) in [6.45, 7) is 8.60. The number of aromatic amines is 1. The van der Waals surface area contributed by atoms with Crippen molar-refractivity contribution in [3.63, 3.8) is 0 Å². The Bertz CT molecular complexity index is 367. The largest absolute Gasteiger partial charge is 0.355 e. The fourth-order valence-electron chi connectivity index (χ4n) is 1.85. The first-order valence-corrected chi connectivity index (χ1v) is 5.75. The highest BCUT2D eigenvalue weighted by Crippen LogP contribution is 2.21. The molecule has 0 amide bonds. The fraction of sp³-hybridized carbons (Fsp3) is 0.429. The van der Waals surface area contributed by atoms with Gasteiger partial charge in [-0.3, -0.25) is 0 Å². The molecule has 0 unspecified atom stereocenters. The van der Waals surface area contributed by atoms with Gasteiger partial charge in [0.1, 0.15) is 0 Å². The van der Waals surface area contributed by atoms with Crippen molar-refractivity contribution in [3.8, 4) is 0 Å². The van der Waals surface area contributed by atoms with Crippen LogP contribution in [0.4, 0.5) is 0 Å². The smallest absolute Gasteiger partial charge is 0.0416 e. The van der Waals surface area contributed by atoms with Crippen molar-refractivity contribution in [2.45, 2.75) is 40.5 Å². The summed E-state index contributed by atoms with van der Waals surface area (Å²) < 4.78 is 0. The van der Waals surface area contributed by atoms with Crippen LogP contribution in [0, 0.1) is 6.92 Å². The minimum absolute atomic E-state index is 1.08. The van der Waals surface area contributed by atoms with Gasteiger partial charge in [-0.15, -0.1) is 0 Å². The minimum Gasteiger partial charge on any atom is -0.355 e. The highest BCUT2D eigenvalue weighted by molar-refractivity contribution is 5.61. The monoisotopic (exact) mass is 203 g/mol. The molecule has 0 aliphatic heterocycles. The van der Waals surface area contributed by atoms with E-state index in [0.29, 0.717) is 0 Å². The van der Waals surface area contributed by atoms with E-state index >= 15 is 0 Å². The third kappa shape index (κ3) is 2.62. The lowest BCUT2D eigenvalue weighted by Crippen LogP contribution is -1.83. The van der Waals surface area contributed by atoms with Gasteiger partial charge < -0.3 is 4.98 Å². The second-order valence-electron chi connectivity index (χ2n) is 3.72. The highest BCUT2D eigenvalue weighted by atomic mass is 14.7. The molecule has 82 valence electrons. The summed E-state index contributed by atoms with van der Waals surface area (Å²) in [5, 5.41) is 0. The van der Waals surface area contributed by atoms with Crippen molar-refractivity contribution in [3.05, 3.63) is 34.7 Å². The van der Waals surface area contributed by atoms with Crippen molar-refractivity contribution in [2.24, 2.45) is 0 Å². The van der Waals surface area contributed by atoms with Gasteiger partial charge in [-0.05, 0) is 50.0 Å². The number of hydrogen-bond donors (Lipinski definition) is 1. The third-order valence-electron chi connectivity index (χ3n) is 2.66. The standard InChI is InChI=1S/C14H21N/c1-5-8-10-13-11(4)12(7-3)14(15-13)9-6-2/h6,8-10,15H,5,7H2,1-4H3/b9-6-,10-8-. The zero-order valence-corrected chi connectivity index (χ0v) is 10.2. The molecule has 0 radical (unpaired) electrons. The average molecular weight is 203 g/mol. The summed E-state index contributed by atoms with van der Waals surface area (Å²) in [4.78, 5) is 3.46. The Kier molecular flexibility index (Phi) is 4.41. The first-order chi connectivity index (χ1) is 7.24. The Morgan fingerprint density at radius 1 is 1.13 bits per heavy atom. The third-order valence-corrected chi connectivity index (χ3v) is 2.66. The maximum Gasteiger partial charge on any atom is 0.0416 e. The molecule has 0 saturated heterocycles. The molecule has 1 heterocycles. The van der Waals surface area contributed by atoms with E-state index in [1.807, 2.05) is 0 Å². The molecule has 1 rings (SSSR count). The van der Waals surface area contributed by atoms with E-state index in [2.05, 4.69) is 57.0 Å². The highest BCUT2D eigenvalue weighted by Gasteiger charge is 2.08. The van der Waals surface area contributed by atoms with Crippen LogP contribution < -0.4 is 0 Å². The summed E-state index contributed by atoms with van der Waals surface area (Å²) in [7, 11) is 0. The summed E-state index contributed by atoms with van der Waals surface area (Å²) >= 11 is 0. The van der Waals surface area contributed by atoms with Crippen LogP contribution in [-0.4, -0.2) is 4.98 Å². The molecule has 0 fully saturated rings. The lowest BCUT2D eigenvalue weighted by molar-refractivity contribution is 1.11. The van der Waals surface area contributed by atoms with Gasteiger partial charge in [-0.25, -0.2) is 0 Å². The van der Waals surface area contributed by atoms with Crippen LogP contribution in [0.15, 0.2) is 12.2 Å². The quantitative estimate of drug-likeness (QED) is 0.749. The van der Waals surface area contributed by atoms with Crippen molar-refractivity contribution >= 4 is 12.2 Å². The Morgan fingerprint density at radius 2 is 1.87 bits per heavy atom. The minimum atomic E-state index is 1.08. The fourth-order valence-corrected chi connectivity index (χ4v) is 1.85. The van der Waals surface area contributed by atoms with Crippen molar-refractivity contribution in [1.82, 2.24) is 4.98 Å². The zero-order chi connectivity index (χ0) is 11.3. The van der Waals surface area contributed by atoms with Gasteiger partial charge in [0.05, 0.1) is 0 Å². The molecule has 0 bridgehead atoms. The number of nitrogens with one attached hydrogen (secondary N) is 1. The van der Waals surface area contributed by atoms with Gasteiger partial charge in [0.15, 0.2) is 0 Å². The van der Waals surface area contributed by atoms with E-state index in [1.54, 1.807) is 0 Å². The molecule has 0 aliphatic rings. The van der Waals surface area contributed by atoms with E-state index in [4.69, 9.17) is 0 Å². The van der Waals surface area contributed by atoms with Crippen molar-refractivity contribution in [1.29, 1.82) is 0 Å². The maximum atomic E-state index is 3.46. The van der Waals surface area contributed by atoms with Gasteiger partial charge in [0.2, 0.25) is 0 Å². The SMILES string of the molecule is C/C=C\c1[nH]c(/C=C\CC)c(C)c1CC. The lowest BCUT2D eigenvalue weighted by atomic mass is 10.1. The summed E-state index contributed by atoms with van der Waals surface area (Å²) in [5.41, 5.74) is 5.33. The second-order valence-corrected chi connectivity index (χ2v) is 3.72. The normalized spacial score (nSPS) is 12.0. The summed E-state index contributed by atoms with van der Waals surface area (Å²) in [5.74, 6) is 0. The van der Waals surface area contributed by atoms with Gasteiger partial charge >= 0.3 is 0 Å². The molecule has 0 atom stereocenters. The average Bonchev–Trinajstić information content (AvgIpc) is 2.52. The molecular weight excluding hydrogens is 182 g/mol. The van der Waals surface area contributed by atoms with Crippen LogP contribution in [0.25, 0.3) is 12.2 Å². The Hall–Kier alpha value is -1.24. The van der Waals surface area contributed by atoms with E-state index in [0.717, 1.165) is 12.8 Å². The van der Waals surface area contributed by atoms with E-state index in [1.165, 1.54) is 22.5 Å². The van der Waals surface area contributed by atoms with E-state index < -0.39 is 0 Å². The van der Waals surface area contributed by atoms with Crippen molar-refractivity contribution in [2.75, 3.05) is 0 Å². The predicted octanol–water partition coefficient (Wildman–Crippen LogP) is 4.34. The number of hydrogen-bond acceptors (Lipinski definition) is 0. The summed E-state index contributed by atoms with van der Waals surface area (Å²) in [6.07, 6.45) is 10.8. The second kappa shape index (κ2) is 5.59. The van der Waals surface area contributed by atoms with Crippen LogP contribution in [0.3, 0.4) is 0 Å². The van der Waals surface area contributed by atoms with Gasteiger partial charge in [-0.1, -0.05) is 26.0 Å². The number of rotatable bonds is 4. The topological polar surface area (TPSA) is 15.8 Å². The van der Waals surface area contributed by atoms with Gasteiger partial charge in [-0.2, -0.15) is 0 Å². The molecule has 1 heteroatoms. The van der Waals surface area contributed by atoms with Crippen LogP contribution in [-0.2, 0) is 6.42 Å². The first-order valence-electron chi connectivity index (χ1n) is 5.75. The van der Waals surface area contributed by atoms with Gasteiger partial charge in [0.25, 0.3) is 0 Å². The molecule has 1 N–H and O–H groups in total. The van der Waals surface area contributed by atoms with Crippen LogP contribution >= 0.6 is 0 Å². The molecule has 0 aromatic carbocycles. The first kappa shape index (κ1) is 11.8. The molecule has 1 aromatic heterocycles. The molecule has 0 spiro atoms. The number of allylic oxidation sites excluding steroid dienone is 2. The van der Waals surface area contributed by atoms with E-state index in [9.17, 15) is 0 Å². The van der Waals surface area contributed by atoms with Crippen LogP contribution in [0.1, 0.15) is 49.7 Å². The Balaban J connectivity index is 3.14. The number of H-pyrrole nitrogens is 1. The maximum absolute atomic E-state index is 3.46. The molecular formula is C14H21N. The van der Waals surface area contributed by atoms with Gasteiger partial charge in [0, 0.05) is 11.4 Å². The molecule has 15 heavy (non-hydrogen) atoms. The van der Waals surface area contributed by atoms with Crippen LogP contribution in [0.2, 0.25) is 0 Å². The lowest BCUT2D eigenvalue weighted by Gasteiger charge is -1.96. The molecule has 1 aromatic rings. The molecule has 0 aliphatic carbocycles. The molecule has 1 nitrogen and oxygen atoms in total. The Morgan fingerprint density at radius 3 is 2.40 bits per heavy atom. The molecule has 0 saturated carbocycles.